The van der Waals surface area contributed by atoms with Crippen molar-refractivity contribution in [2.24, 2.45) is 0 Å². The molecule has 0 atom stereocenters. The lowest BCUT2D eigenvalue weighted by Crippen LogP contribution is -2.26. The van der Waals surface area contributed by atoms with Crippen molar-refractivity contribution < 1.29 is 18.8 Å². The van der Waals surface area contributed by atoms with E-state index in [9.17, 15) is 4.79 Å². The zero-order chi connectivity index (χ0) is 27.5. The molecule has 4 aromatic rings. The maximum Gasteiger partial charge on any atom is 0.223 e. The van der Waals surface area contributed by atoms with Crippen LogP contribution in [0.2, 0.25) is 0 Å². The minimum atomic E-state index is 0.534. The molecule has 8 heteroatoms. The number of anilines is 2. The second-order valence-electron chi connectivity index (χ2n) is 10.1. The van der Waals surface area contributed by atoms with E-state index in [0.717, 1.165) is 71.6 Å². The number of hydrogen-bond acceptors (Lipinski definition) is 8. The summed E-state index contributed by atoms with van der Waals surface area (Å²) in [5, 5.41) is 4.04. The second kappa shape index (κ2) is 11.3. The number of ether oxygens (including phenoxy) is 2. The highest BCUT2D eigenvalue weighted by atomic mass is 16.5. The maximum atomic E-state index is 12.2. The van der Waals surface area contributed by atoms with Crippen LogP contribution in [0.3, 0.4) is 0 Å². The topological polar surface area (TPSA) is 80.9 Å². The lowest BCUT2D eigenvalue weighted by molar-refractivity contribution is 0.112. The summed E-state index contributed by atoms with van der Waals surface area (Å²) in [4.78, 5) is 20.8. The molecule has 1 aliphatic rings. The predicted octanol–water partition coefficient (Wildman–Crippen LogP) is 5.87. The Bertz CT molecular complexity index is 1490. The van der Waals surface area contributed by atoms with Gasteiger partial charge in [0.05, 0.1) is 12.8 Å². The van der Waals surface area contributed by atoms with Crippen molar-refractivity contribution in [2.75, 3.05) is 45.8 Å². The van der Waals surface area contributed by atoms with Crippen LogP contribution in [0.4, 0.5) is 11.4 Å². The number of carbonyl (C=O) groups is 1. The summed E-state index contributed by atoms with van der Waals surface area (Å²) >= 11 is 0. The van der Waals surface area contributed by atoms with Crippen molar-refractivity contribution >= 4 is 17.7 Å². The number of likely N-dealkylation sites (N-methyl/N-ethyl adjacent to an activating group) is 1. The van der Waals surface area contributed by atoms with E-state index in [-0.39, 0.29) is 0 Å². The summed E-state index contributed by atoms with van der Waals surface area (Å²) in [6.07, 6.45) is 2.84. The zero-order valence-corrected chi connectivity index (χ0v) is 23.2. The lowest BCUT2D eigenvalue weighted by atomic mass is 9.95. The van der Waals surface area contributed by atoms with E-state index >= 15 is 0 Å². The van der Waals surface area contributed by atoms with Gasteiger partial charge in [-0.15, -0.1) is 0 Å². The smallest absolute Gasteiger partial charge is 0.223 e. The Hall–Kier alpha value is -4.17. The van der Waals surface area contributed by atoms with Crippen molar-refractivity contribution in [3.8, 4) is 34.0 Å². The molecule has 0 fully saturated rings. The first-order valence-corrected chi connectivity index (χ1v) is 13.1. The average Bonchev–Trinajstić information content (AvgIpc) is 3.38. The number of hydrogen-bond donors (Lipinski definition) is 0. The molecule has 0 saturated heterocycles. The van der Waals surface area contributed by atoms with E-state index in [1.54, 1.807) is 14.0 Å². The van der Waals surface area contributed by atoms with Gasteiger partial charge >= 0.3 is 0 Å². The molecule has 0 amide bonds. The summed E-state index contributed by atoms with van der Waals surface area (Å²) < 4.78 is 16.9. The Morgan fingerprint density at radius 3 is 2.54 bits per heavy atom. The molecule has 0 saturated carbocycles. The minimum absolute atomic E-state index is 0.534. The fourth-order valence-electron chi connectivity index (χ4n) is 5.04. The number of benzene rings is 3. The number of fused-ring (bicyclic) bond motifs is 1. The van der Waals surface area contributed by atoms with Crippen LogP contribution in [0.25, 0.3) is 22.5 Å². The fourth-order valence-corrected chi connectivity index (χ4v) is 5.04. The van der Waals surface area contributed by atoms with Crippen molar-refractivity contribution in [3.05, 3.63) is 71.1 Å². The molecule has 0 bridgehead atoms. The minimum Gasteiger partial charge on any atom is -0.493 e. The first-order valence-electron chi connectivity index (χ1n) is 13.1. The summed E-state index contributed by atoms with van der Waals surface area (Å²) in [5.41, 5.74) is 7.85. The average molecular weight is 527 g/mol. The van der Waals surface area contributed by atoms with Crippen LogP contribution in [0.5, 0.6) is 11.5 Å². The van der Waals surface area contributed by atoms with E-state index in [1.165, 1.54) is 5.56 Å². The summed E-state index contributed by atoms with van der Waals surface area (Å²) in [5.74, 6) is 2.54. The van der Waals surface area contributed by atoms with Gasteiger partial charge in [0, 0.05) is 42.9 Å². The zero-order valence-electron chi connectivity index (χ0n) is 23.2. The lowest BCUT2D eigenvalue weighted by Gasteiger charge is -2.33. The van der Waals surface area contributed by atoms with Gasteiger partial charge in [-0.2, -0.15) is 4.98 Å². The largest absolute Gasteiger partial charge is 0.493 e. The van der Waals surface area contributed by atoms with Gasteiger partial charge in [-0.25, -0.2) is 0 Å². The maximum absolute atomic E-state index is 12.2. The SMILES string of the molecule is COc1cc2c(cc1OCCN(C)C)N(c1cc(-c3ccc(-c4noc(C)n4)cc3C)ccc1C=O)CCC2. The van der Waals surface area contributed by atoms with Crippen LogP contribution in [0.15, 0.2) is 53.1 Å². The van der Waals surface area contributed by atoms with Gasteiger partial charge in [0.25, 0.3) is 0 Å². The van der Waals surface area contributed by atoms with Gasteiger partial charge in [-0.1, -0.05) is 23.4 Å². The number of rotatable bonds is 9. The second-order valence-corrected chi connectivity index (χ2v) is 10.1. The molecule has 0 radical (unpaired) electrons. The molecular weight excluding hydrogens is 492 g/mol. The van der Waals surface area contributed by atoms with Crippen LogP contribution in [0.1, 0.15) is 33.8 Å². The molecule has 39 heavy (non-hydrogen) atoms. The van der Waals surface area contributed by atoms with Gasteiger partial charge < -0.3 is 23.8 Å². The van der Waals surface area contributed by atoms with Crippen LogP contribution in [0, 0.1) is 13.8 Å². The molecule has 0 aliphatic carbocycles. The summed E-state index contributed by atoms with van der Waals surface area (Å²) in [6.45, 7) is 6.00. The Morgan fingerprint density at radius 1 is 1.03 bits per heavy atom. The van der Waals surface area contributed by atoms with Crippen LogP contribution in [-0.4, -0.2) is 62.2 Å². The van der Waals surface area contributed by atoms with Crippen molar-refractivity contribution in [2.45, 2.75) is 26.7 Å². The van der Waals surface area contributed by atoms with Gasteiger partial charge in [0.2, 0.25) is 11.7 Å². The number of carbonyl (C=O) groups excluding carboxylic acids is 1. The molecule has 0 unspecified atom stereocenters. The molecule has 0 spiro atoms. The van der Waals surface area contributed by atoms with Crippen molar-refractivity contribution in [1.29, 1.82) is 0 Å². The fraction of sp³-hybridized carbons (Fsp3) is 0.323. The van der Waals surface area contributed by atoms with Gasteiger partial charge in [0.15, 0.2) is 17.8 Å². The van der Waals surface area contributed by atoms with Gasteiger partial charge in [-0.3, -0.25) is 4.79 Å². The first-order chi connectivity index (χ1) is 18.9. The predicted molar refractivity (Wildman–Crippen MR) is 152 cm³/mol. The summed E-state index contributed by atoms with van der Waals surface area (Å²) in [7, 11) is 5.71. The molecule has 8 nitrogen and oxygen atoms in total. The highest BCUT2D eigenvalue weighted by molar-refractivity contribution is 5.90. The molecule has 1 aliphatic heterocycles. The van der Waals surface area contributed by atoms with Crippen LogP contribution in [-0.2, 0) is 6.42 Å². The third-order valence-corrected chi connectivity index (χ3v) is 7.05. The Morgan fingerprint density at radius 2 is 1.85 bits per heavy atom. The third-order valence-electron chi connectivity index (χ3n) is 7.05. The van der Waals surface area contributed by atoms with Crippen molar-refractivity contribution in [3.63, 3.8) is 0 Å². The van der Waals surface area contributed by atoms with E-state index < -0.39 is 0 Å². The number of aromatic nitrogens is 2. The van der Waals surface area contributed by atoms with Gasteiger partial charge in [0.1, 0.15) is 6.61 Å². The number of nitrogens with zero attached hydrogens (tertiary/aromatic N) is 4. The molecule has 3 aromatic carbocycles. The molecule has 202 valence electrons. The van der Waals surface area contributed by atoms with Crippen LogP contribution >= 0.6 is 0 Å². The molecular formula is C31H34N4O4. The highest BCUT2D eigenvalue weighted by Crippen LogP contribution is 2.43. The van der Waals surface area contributed by atoms with E-state index in [4.69, 9.17) is 14.0 Å². The quantitative estimate of drug-likeness (QED) is 0.251. The molecule has 1 aromatic heterocycles. The highest BCUT2D eigenvalue weighted by Gasteiger charge is 2.24. The third kappa shape index (κ3) is 5.52. The first kappa shape index (κ1) is 26.4. The molecule has 0 N–H and O–H groups in total. The Labute approximate surface area is 229 Å². The number of aldehydes is 1. The van der Waals surface area contributed by atoms with Crippen molar-refractivity contribution in [1.82, 2.24) is 15.0 Å². The van der Waals surface area contributed by atoms with E-state index in [0.29, 0.717) is 29.6 Å². The normalized spacial score (nSPS) is 12.9. The van der Waals surface area contributed by atoms with Crippen LogP contribution < -0.4 is 14.4 Å². The van der Waals surface area contributed by atoms with Gasteiger partial charge in [-0.05, 0) is 80.4 Å². The Balaban J connectivity index is 1.53. The summed E-state index contributed by atoms with van der Waals surface area (Å²) in [6, 6.07) is 16.3. The number of aryl methyl sites for hydroxylation is 3. The molecule has 2 heterocycles. The Kier molecular flexibility index (Phi) is 7.65. The monoisotopic (exact) mass is 526 g/mol. The number of methoxy groups -OCH3 is 1. The standard InChI is InChI=1S/C31H34N4O4/c1-20-15-24(31-32-21(2)39-33-31)10-11-26(20)22-8-9-25(19-36)27(16-22)35-12-6-7-23-17-29(37-5)30(18-28(23)35)38-14-13-34(3)4/h8-11,15-19H,6-7,12-14H2,1-5H3. The molecule has 5 rings (SSSR count). The van der Waals surface area contributed by atoms with E-state index in [1.807, 2.05) is 32.3 Å². The van der Waals surface area contributed by atoms with E-state index in [2.05, 4.69) is 57.2 Å².